The molecule has 0 radical (unpaired) electrons. The van der Waals surface area contributed by atoms with E-state index in [0.29, 0.717) is 12.3 Å². The van der Waals surface area contributed by atoms with E-state index in [2.05, 4.69) is 10.3 Å². The van der Waals surface area contributed by atoms with Gasteiger partial charge in [0, 0.05) is 28.6 Å². The Hall–Kier alpha value is -2.18. The molecule has 0 saturated carbocycles. The fraction of sp³-hybridized carbons (Fsp3) is 0.111. The molecule has 3 nitrogen and oxygen atoms in total. The second-order valence-corrected chi connectivity index (χ2v) is 6.87. The molecule has 1 amide bonds. The molecule has 3 aromatic rings. The number of thioether (sulfide) groups is 1. The number of rotatable bonds is 6. The maximum absolute atomic E-state index is 12.9. The zero-order valence-electron chi connectivity index (χ0n) is 12.7. The number of carbonyl (C=O) groups excluding carboxylic acids is 1. The Labute approximate surface area is 148 Å². The van der Waals surface area contributed by atoms with Gasteiger partial charge in [0.1, 0.15) is 5.82 Å². The summed E-state index contributed by atoms with van der Waals surface area (Å²) in [5.41, 5.74) is 2.94. The van der Waals surface area contributed by atoms with Crippen LogP contribution in [0, 0.1) is 5.82 Å². The molecule has 0 bridgehead atoms. The Balaban J connectivity index is 1.56. The topological polar surface area (TPSA) is 42.0 Å². The van der Waals surface area contributed by atoms with Gasteiger partial charge in [-0.25, -0.2) is 4.39 Å². The van der Waals surface area contributed by atoms with E-state index in [1.165, 1.54) is 23.9 Å². The van der Waals surface area contributed by atoms with E-state index in [-0.39, 0.29) is 11.7 Å². The average Bonchev–Trinajstić information content (AvgIpc) is 3.14. The van der Waals surface area contributed by atoms with Crippen LogP contribution in [-0.4, -0.2) is 16.6 Å². The van der Waals surface area contributed by atoms with Crippen molar-refractivity contribution in [2.45, 2.75) is 11.4 Å². The molecule has 2 aromatic heterocycles. The number of nitrogens with one attached hydrogen (secondary N) is 1. The van der Waals surface area contributed by atoms with Gasteiger partial charge < -0.3 is 5.32 Å². The van der Waals surface area contributed by atoms with E-state index in [9.17, 15) is 9.18 Å². The predicted molar refractivity (Wildman–Crippen MR) is 96.5 cm³/mol. The van der Waals surface area contributed by atoms with Gasteiger partial charge in [0.15, 0.2) is 0 Å². The summed E-state index contributed by atoms with van der Waals surface area (Å²) in [5.74, 6) is -0.0505. The molecule has 0 fully saturated rings. The summed E-state index contributed by atoms with van der Waals surface area (Å²) in [6.07, 6.45) is 1.75. The highest BCUT2D eigenvalue weighted by Crippen LogP contribution is 2.23. The molecule has 24 heavy (non-hydrogen) atoms. The molecule has 0 aliphatic carbocycles. The minimum atomic E-state index is -0.277. The monoisotopic (exact) mass is 358 g/mol. The highest BCUT2D eigenvalue weighted by Gasteiger charge is 2.09. The molecule has 0 atom stereocenters. The van der Waals surface area contributed by atoms with Crippen molar-refractivity contribution in [1.82, 2.24) is 10.3 Å². The lowest BCUT2D eigenvalue weighted by Crippen LogP contribution is -2.24. The first kappa shape index (κ1) is 16.7. The van der Waals surface area contributed by atoms with Crippen molar-refractivity contribution in [3.05, 3.63) is 70.8 Å². The summed E-state index contributed by atoms with van der Waals surface area (Å²) in [6, 6.07) is 12.0. The van der Waals surface area contributed by atoms with E-state index in [1.807, 2.05) is 29.0 Å². The van der Waals surface area contributed by atoms with Crippen molar-refractivity contribution >= 4 is 29.0 Å². The molecule has 0 spiro atoms. The van der Waals surface area contributed by atoms with Gasteiger partial charge >= 0.3 is 0 Å². The Kier molecular flexibility index (Phi) is 5.61. The number of halogens is 1. The lowest BCUT2D eigenvalue weighted by atomic mass is 10.1. The van der Waals surface area contributed by atoms with E-state index in [0.717, 1.165) is 21.7 Å². The van der Waals surface area contributed by atoms with Gasteiger partial charge in [0.2, 0.25) is 5.91 Å². The number of hydrogen-bond acceptors (Lipinski definition) is 4. The molecular formula is C18H15FN2OS2. The molecule has 3 rings (SSSR count). The third kappa shape index (κ3) is 4.43. The summed E-state index contributed by atoms with van der Waals surface area (Å²) in [6.45, 7) is 0.432. The molecule has 1 aromatic carbocycles. The third-order valence-corrected chi connectivity index (χ3v) is 5.04. The molecule has 0 unspecified atom stereocenters. The van der Waals surface area contributed by atoms with Crippen LogP contribution in [0.25, 0.3) is 11.3 Å². The average molecular weight is 358 g/mol. The maximum atomic E-state index is 12.9. The van der Waals surface area contributed by atoms with Crippen LogP contribution >= 0.6 is 23.1 Å². The highest BCUT2D eigenvalue weighted by molar-refractivity contribution is 8.00. The molecular weight excluding hydrogens is 343 g/mol. The Morgan fingerprint density at radius 3 is 2.79 bits per heavy atom. The predicted octanol–water partition coefficient (Wildman–Crippen LogP) is 4.36. The van der Waals surface area contributed by atoms with Crippen LogP contribution in [0.15, 0.2) is 64.3 Å². The largest absolute Gasteiger partial charge is 0.351 e. The lowest BCUT2D eigenvalue weighted by Gasteiger charge is -2.09. The van der Waals surface area contributed by atoms with Gasteiger partial charge in [-0.3, -0.25) is 9.78 Å². The fourth-order valence-electron chi connectivity index (χ4n) is 2.16. The van der Waals surface area contributed by atoms with Crippen molar-refractivity contribution in [1.29, 1.82) is 0 Å². The normalized spacial score (nSPS) is 10.5. The minimum Gasteiger partial charge on any atom is -0.351 e. The summed E-state index contributed by atoms with van der Waals surface area (Å²) in [5, 5.41) is 6.96. The van der Waals surface area contributed by atoms with Gasteiger partial charge in [-0.1, -0.05) is 6.07 Å². The molecule has 6 heteroatoms. The summed E-state index contributed by atoms with van der Waals surface area (Å²) >= 11 is 3.00. The molecule has 2 heterocycles. The Morgan fingerprint density at radius 1 is 1.21 bits per heavy atom. The van der Waals surface area contributed by atoms with Gasteiger partial charge in [0.25, 0.3) is 0 Å². The van der Waals surface area contributed by atoms with Crippen LogP contribution < -0.4 is 5.32 Å². The Bertz CT molecular complexity index is 804. The van der Waals surface area contributed by atoms with Gasteiger partial charge in [-0.05, 0) is 47.3 Å². The van der Waals surface area contributed by atoms with Crippen molar-refractivity contribution in [3.63, 3.8) is 0 Å². The number of aromatic nitrogens is 1. The van der Waals surface area contributed by atoms with E-state index < -0.39 is 0 Å². The number of thiophene rings is 1. The summed E-state index contributed by atoms with van der Waals surface area (Å²) < 4.78 is 12.9. The zero-order valence-corrected chi connectivity index (χ0v) is 14.4. The smallest absolute Gasteiger partial charge is 0.230 e. The van der Waals surface area contributed by atoms with Crippen LogP contribution in [0.3, 0.4) is 0 Å². The van der Waals surface area contributed by atoms with Crippen molar-refractivity contribution in [2.75, 3.05) is 5.75 Å². The second-order valence-electron chi connectivity index (χ2n) is 5.04. The first-order valence-electron chi connectivity index (χ1n) is 7.34. The highest BCUT2D eigenvalue weighted by atomic mass is 32.2. The van der Waals surface area contributed by atoms with Crippen LogP contribution in [0.5, 0.6) is 0 Å². The van der Waals surface area contributed by atoms with Crippen molar-refractivity contribution in [2.24, 2.45) is 0 Å². The molecule has 0 aliphatic heterocycles. The van der Waals surface area contributed by atoms with Crippen LogP contribution in [-0.2, 0) is 11.3 Å². The standard InChI is InChI=1S/C18H15FN2OS2/c19-15-3-5-16(6-4-15)24-12-17(22)21-10-13-2-1-8-20-18(13)14-7-9-23-11-14/h1-9,11H,10,12H2,(H,21,22). The lowest BCUT2D eigenvalue weighted by molar-refractivity contribution is -0.118. The maximum Gasteiger partial charge on any atom is 0.230 e. The number of amides is 1. The number of hydrogen-bond donors (Lipinski definition) is 1. The van der Waals surface area contributed by atoms with Gasteiger partial charge in [-0.15, -0.1) is 11.8 Å². The minimum absolute atomic E-state index is 0.0653. The van der Waals surface area contributed by atoms with Crippen LogP contribution in [0.4, 0.5) is 4.39 Å². The number of nitrogens with zero attached hydrogens (tertiary/aromatic N) is 1. The molecule has 0 saturated heterocycles. The quantitative estimate of drug-likeness (QED) is 0.666. The molecule has 0 aliphatic rings. The fourth-order valence-corrected chi connectivity index (χ4v) is 3.53. The first-order valence-corrected chi connectivity index (χ1v) is 9.27. The van der Waals surface area contributed by atoms with Gasteiger partial charge in [0.05, 0.1) is 11.4 Å². The molecule has 1 N–H and O–H groups in total. The second kappa shape index (κ2) is 8.08. The zero-order chi connectivity index (χ0) is 16.8. The van der Waals surface area contributed by atoms with E-state index >= 15 is 0 Å². The van der Waals surface area contributed by atoms with Crippen LogP contribution in [0.2, 0.25) is 0 Å². The summed E-state index contributed by atoms with van der Waals surface area (Å²) in [4.78, 5) is 17.3. The van der Waals surface area contributed by atoms with Crippen LogP contribution in [0.1, 0.15) is 5.56 Å². The van der Waals surface area contributed by atoms with E-state index in [1.54, 1.807) is 29.7 Å². The van der Waals surface area contributed by atoms with Gasteiger partial charge in [-0.2, -0.15) is 11.3 Å². The number of benzene rings is 1. The van der Waals surface area contributed by atoms with Crippen molar-refractivity contribution < 1.29 is 9.18 Å². The van der Waals surface area contributed by atoms with Crippen molar-refractivity contribution in [3.8, 4) is 11.3 Å². The molecule has 122 valence electrons. The summed E-state index contributed by atoms with van der Waals surface area (Å²) in [7, 11) is 0. The number of pyridine rings is 1. The SMILES string of the molecule is O=C(CSc1ccc(F)cc1)NCc1cccnc1-c1ccsc1. The third-order valence-electron chi connectivity index (χ3n) is 3.35. The number of carbonyl (C=O) groups is 1. The van der Waals surface area contributed by atoms with E-state index in [4.69, 9.17) is 0 Å². The Morgan fingerprint density at radius 2 is 2.04 bits per heavy atom. The first-order chi connectivity index (χ1) is 11.7.